The van der Waals surface area contributed by atoms with Crippen LogP contribution in [0, 0.1) is 5.82 Å². The fourth-order valence-electron chi connectivity index (χ4n) is 2.29. The molecule has 1 atom stereocenters. The second-order valence-corrected chi connectivity index (χ2v) is 5.05. The molecular weight excluding hydrogens is 287 g/mol. The van der Waals surface area contributed by atoms with E-state index in [9.17, 15) is 22.8 Å². The molecule has 7 heteroatoms. The summed E-state index contributed by atoms with van der Waals surface area (Å²) in [5.41, 5.74) is -0.968. The minimum absolute atomic E-state index is 0.170. The van der Waals surface area contributed by atoms with Crippen molar-refractivity contribution in [2.45, 2.75) is 37.1 Å². The molecule has 0 radical (unpaired) electrons. The summed E-state index contributed by atoms with van der Waals surface area (Å²) in [4.78, 5) is 23.1. The predicted molar refractivity (Wildman–Crippen MR) is 67.5 cm³/mol. The number of carbonyl (C=O) groups excluding carboxylic acids is 1. The van der Waals surface area contributed by atoms with Gasteiger partial charge in [0.25, 0.3) is 0 Å². The summed E-state index contributed by atoms with van der Waals surface area (Å²) in [5.74, 6) is -2.82. The number of hydrogen-bond acceptors (Lipinski definition) is 2. The van der Waals surface area contributed by atoms with Crippen LogP contribution in [-0.2, 0) is 15.0 Å². The number of carbonyl (C=O) groups is 2. The van der Waals surface area contributed by atoms with E-state index in [4.69, 9.17) is 5.11 Å². The summed E-state index contributed by atoms with van der Waals surface area (Å²) in [6.45, 7) is 0. The van der Waals surface area contributed by atoms with Gasteiger partial charge in [0, 0.05) is 12.0 Å². The molecule has 2 N–H and O–H groups in total. The second kappa shape index (κ2) is 5.75. The van der Waals surface area contributed by atoms with Crippen molar-refractivity contribution in [1.82, 2.24) is 5.32 Å². The van der Waals surface area contributed by atoms with Crippen LogP contribution in [0.5, 0.6) is 0 Å². The Morgan fingerprint density at radius 3 is 2.38 bits per heavy atom. The molecule has 1 saturated carbocycles. The van der Waals surface area contributed by atoms with Gasteiger partial charge >= 0.3 is 5.97 Å². The lowest BCUT2D eigenvalue weighted by Crippen LogP contribution is -2.46. The average Bonchev–Trinajstić information content (AvgIpc) is 3.19. The Labute approximate surface area is 119 Å². The van der Waals surface area contributed by atoms with Crippen LogP contribution in [0.1, 0.15) is 24.8 Å². The summed E-state index contributed by atoms with van der Waals surface area (Å²) in [7, 11) is 0. The van der Waals surface area contributed by atoms with Crippen molar-refractivity contribution in [2.24, 2.45) is 0 Å². The first-order valence-corrected chi connectivity index (χ1v) is 6.44. The van der Waals surface area contributed by atoms with Crippen LogP contribution in [0.4, 0.5) is 13.2 Å². The van der Waals surface area contributed by atoms with Crippen LogP contribution in [0.15, 0.2) is 24.3 Å². The van der Waals surface area contributed by atoms with Crippen LogP contribution in [-0.4, -0.2) is 29.5 Å². The standard InChI is InChI=1S/C14H14F3NO3/c15-9-4-2-1-3-8(9)14(5-6-14)13(21)18-10(12(19)20)7-11(16)17/h1-4,10-11H,5-7H2,(H,18,21)(H,19,20). The van der Waals surface area contributed by atoms with Gasteiger partial charge in [0.2, 0.25) is 12.3 Å². The molecule has 114 valence electrons. The number of amides is 1. The molecule has 1 amide bonds. The summed E-state index contributed by atoms with van der Waals surface area (Å²) < 4.78 is 38.4. The van der Waals surface area contributed by atoms with Crippen LogP contribution >= 0.6 is 0 Å². The predicted octanol–water partition coefficient (Wildman–Crippen LogP) is 2.08. The highest BCUT2D eigenvalue weighted by molar-refractivity contribution is 5.94. The number of hydrogen-bond donors (Lipinski definition) is 2. The molecule has 1 fully saturated rings. The maximum Gasteiger partial charge on any atom is 0.326 e. The van der Waals surface area contributed by atoms with E-state index >= 15 is 0 Å². The van der Waals surface area contributed by atoms with Gasteiger partial charge in [0.15, 0.2) is 0 Å². The van der Waals surface area contributed by atoms with Gasteiger partial charge in [0.1, 0.15) is 11.9 Å². The third-order valence-corrected chi connectivity index (χ3v) is 3.59. The van der Waals surface area contributed by atoms with Gasteiger partial charge in [-0.3, -0.25) is 4.79 Å². The lowest BCUT2D eigenvalue weighted by atomic mass is 9.94. The molecule has 0 aromatic heterocycles. The van der Waals surface area contributed by atoms with E-state index in [1.165, 1.54) is 18.2 Å². The number of alkyl halides is 2. The quantitative estimate of drug-likeness (QED) is 0.845. The monoisotopic (exact) mass is 301 g/mol. The van der Waals surface area contributed by atoms with Crippen LogP contribution in [0.2, 0.25) is 0 Å². The molecule has 1 aromatic carbocycles. The van der Waals surface area contributed by atoms with Crippen molar-refractivity contribution < 1.29 is 27.9 Å². The minimum atomic E-state index is -2.85. The van der Waals surface area contributed by atoms with Crippen molar-refractivity contribution in [1.29, 1.82) is 0 Å². The SMILES string of the molecule is O=C(O)C(CC(F)F)NC(=O)C1(c2ccccc2F)CC1. The summed E-state index contributed by atoms with van der Waals surface area (Å²) in [5, 5.41) is 11.0. The third kappa shape index (κ3) is 3.17. The van der Waals surface area contributed by atoms with Gasteiger partial charge in [-0.05, 0) is 18.9 Å². The first-order valence-electron chi connectivity index (χ1n) is 6.44. The van der Waals surface area contributed by atoms with Crippen LogP contribution in [0.3, 0.4) is 0 Å². The Morgan fingerprint density at radius 2 is 1.90 bits per heavy atom. The second-order valence-electron chi connectivity index (χ2n) is 5.05. The molecule has 2 rings (SSSR count). The summed E-state index contributed by atoms with van der Waals surface area (Å²) >= 11 is 0. The molecule has 0 spiro atoms. The Morgan fingerprint density at radius 1 is 1.29 bits per heavy atom. The van der Waals surface area contributed by atoms with Crippen LogP contribution < -0.4 is 5.32 Å². The first kappa shape index (κ1) is 15.3. The number of rotatable bonds is 6. The van der Waals surface area contributed by atoms with Crippen molar-refractivity contribution >= 4 is 11.9 Å². The normalized spacial score (nSPS) is 17.3. The molecule has 0 heterocycles. The Kier molecular flexibility index (Phi) is 4.20. The average molecular weight is 301 g/mol. The molecule has 0 aliphatic heterocycles. The highest BCUT2D eigenvalue weighted by Crippen LogP contribution is 2.49. The van der Waals surface area contributed by atoms with Crippen molar-refractivity contribution in [3.05, 3.63) is 35.6 Å². The van der Waals surface area contributed by atoms with E-state index in [2.05, 4.69) is 5.32 Å². The number of carboxylic acids is 1. The van der Waals surface area contributed by atoms with Crippen molar-refractivity contribution in [2.75, 3.05) is 0 Å². The molecule has 4 nitrogen and oxygen atoms in total. The van der Waals surface area contributed by atoms with E-state index in [1.54, 1.807) is 6.07 Å². The van der Waals surface area contributed by atoms with E-state index in [0.717, 1.165) is 0 Å². The zero-order valence-corrected chi connectivity index (χ0v) is 11.0. The highest BCUT2D eigenvalue weighted by atomic mass is 19.3. The van der Waals surface area contributed by atoms with E-state index in [0.29, 0.717) is 12.8 Å². The zero-order chi connectivity index (χ0) is 15.6. The first-order chi connectivity index (χ1) is 9.86. The molecule has 1 aliphatic rings. The van der Waals surface area contributed by atoms with Gasteiger partial charge < -0.3 is 10.4 Å². The largest absolute Gasteiger partial charge is 0.480 e. The Hall–Kier alpha value is -2.05. The summed E-state index contributed by atoms with van der Waals surface area (Å²) in [6, 6.07) is 4.02. The molecule has 21 heavy (non-hydrogen) atoms. The van der Waals surface area contributed by atoms with Crippen molar-refractivity contribution in [3.8, 4) is 0 Å². The fourth-order valence-corrected chi connectivity index (χ4v) is 2.29. The smallest absolute Gasteiger partial charge is 0.326 e. The number of aliphatic carboxylic acids is 1. The van der Waals surface area contributed by atoms with Crippen molar-refractivity contribution in [3.63, 3.8) is 0 Å². The van der Waals surface area contributed by atoms with Crippen LogP contribution in [0.25, 0.3) is 0 Å². The lowest BCUT2D eigenvalue weighted by Gasteiger charge is -2.20. The van der Waals surface area contributed by atoms with Gasteiger partial charge in [0.05, 0.1) is 5.41 Å². The molecule has 1 aliphatic carbocycles. The van der Waals surface area contributed by atoms with Gasteiger partial charge in [-0.15, -0.1) is 0 Å². The molecule has 0 saturated heterocycles. The van der Waals surface area contributed by atoms with E-state index < -0.39 is 42.0 Å². The molecule has 0 bridgehead atoms. The molecular formula is C14H14F3NO3. The number of nitrogens with one attached hydrogen (secondary N) is 1. The minimum Gasteiger partial charge on any atom is -0.480 e. The molecule has 1 unspecified atom stereocenters. The van der Waals surface area contributed by atoms with E-state index in [-0.39, 0.29) is 5.56 Å². The highest BCUT2D eigenvalue weighted by Gasteiger charge is 2.53. The lowest BCUT2D eigenvalue weighted by molar-refractivity contribution is -0.143. The zero-order valence-electron chi connectivity index (χ0n) is 11.0. The number of carboxylic acid groups (broad SMARTS) is 1. The summed E-state index contributed by atoms with van der Waals surface area (Å²) in [6.07, 6.45) is -3.11. The molecule has 1 aromatic rings. The number of benzene rings is 1. The third-order valence-electron chi connectivity index (χ3n) is 3.59. The van der Waals surface area contributed by atoms with E-state index in [1.807, 2.05) is 0 Å². The van der Waals surface area contributed by atoms with Gasteiger partial charge in [-0.25, -0.2) is 18.0 Å². The Bertz CT molecular complexity index is 558. The number of halogens is 3. The Balaban J connectivity index is 2.16. The van der Waals surface area contributed by atoms with Gasteiger partial charge in [-0.2, -0.15) is 0 Å². The maximum atomic E-state index is 13.8. The topological polar surface area (TPSA) is 66.4 Å². The fraction of sp³-hybridized carbons (Fsp3) is 0.429. The maximum absolute atomic E-state index is 13.8. The van der Waals surface area contributed by atoms with Gasteiger partial charge in [-0.1, -0.05) is 18.2 Å².